The highest BCUT2D eigenvalue weighted by atomic mass is 15.2. The maximum Gasteiger partial charge on any atom is 0.247 e. The Balaban J connectivity index is 1.09. The van der Waals surface area contributed by atoms with Crippen LogP contribution in [0.25, 0.3) is 95.8 Å². The van der Waals surface area contributed by atoms with Crippen LogP contribution in [-0.4, -0.2) is 47.9 Å². The molecular formula is C102H106B2N8. The van der Waals surface area contributed by atoms with Crippen molar-refractivity contribution in [3.05, 3.63) is 273 Å². The quantitative estimate of drug-likeness (QED) is 0.133. The normalized spacial score (nSPS) is 13.3. The Morgan fingerprint density at radius 3 is 0.812 bits per heavy atom. The van der Waals surface area contributed by atoms with Crippen molar-refractivity contribution in [2.45, 2.75) is 199 Å². The Morgan fingerprint density at radius 2 is 0.536 bits per heavy atom. The van der Waals surface area contributed by atoms with E-state index in [0.717, 1.165) is 60.9 Å². The van der Waals surface area contributed by atoms with E-state index in [1.54, 1.807) is 0 Å². The van der Waals surface area contributed by atoms with Gasteiger partial charge in [0.25, 0.3) is 0 Å². The summed E-state index contributed by atoms with van der Waals surface area (Å²) < 4.78 is 2.56. The van der Waals surface area contributed by atoms with Crippen LogP contribution < -0.4 is 37.7 Å². The zero-order chi connectivity index (χ0) is 79.5. The van der Waals surface area contributed by atoms with Crippen LogP contribution in [0.15, 0.2) is 206 Å². The third kappa shape index (κ3) is 13.4. The first-order chi connectivity index (χ1) is 52.8. The lowest BCUT2D eigenvalue weighted by molar-refractivity contribution is 0.590. The van der Waals surface area contributed by atoms with E-state index in [9.17, 15) is 0 Å². The maximum absolute atomic E-state index is 5.73. The molecule has 0 saturated heterocycles. The van der Waals surface area contributed by atoms with Gasteiger partial charge in [0.1, 0.15) is 0 Å². The van der Waals surface area contributed by atoms with Gasteiger partial charge in [-0.3, -0.25) is 0 Å². The molecule has 11 aromatic carbocycles. The highest BCUT2D eigenvalue weighted by molar-refractivity contribution is 7.02. The maximum atomic E-state index is 5.73. The number of aromatic nitrogens is 7. The Kier molecular flexibility index (Phi) is 18.1. The summed E-state index contributed by atoms with van der Waals surface area (Å²) in [5.41, 5.74) is 34.0. The lowest BCUT2D eigenvalue weighted by Crippen LogP contribution is -2.66. The molecule has 2 aliphatic rings. The number of rotatable bonds is 9. The van der Waals surface area contributed by atoms with Crippen molar-refractivity contribution in [1.29, 1.82) is 0 Å². The summed E-state index contributed by atoms with van der Waals surface area (Å²) >= 11 is 0. The second-order valence-corrected chi connectivity index (χ2v) is 38.5. The number of fused-ring (bicyclic) bond motifs is 7. The molecule has 112 heavy (non-hydrogen) atoms. The predicted molar refractivity (Wildman–Crippen MR) is 478 cm³/mol. The summed E-state index contributed by atoms with van der Waals surface area (Å²) in [6.07, 6.45) is 0. The van der Waals surface area contributed by atoms with Gasteiger partial charge in [-0.15, -0.1) is 0 Å². The van der Waals surface area contributed by atoms with Crippen LogP contribution in [0.3, 0.4) is 0 Å². The third-order valence-corrected chi connectivity index (χ3v) is 23.8. The Hall–Kier alpha value is -10.8. The lowest BCUT2D eigenvalue weighted by atomic mass is 9.29. The smallest absolute Gasteiger partial charge is 0.247 e. The molecule has 14 aromatic rings. The van der Waals surface area contributed by atoms with Gasteiger partial charge in [-0.2, -0.15) is 0 Å². The van der Waals surface area contributed by atoms with Gasteiger partial charge in [0.05, 0.1) is 11.0 Å². The molecule has 0 atom stereocenters. The number of benzene rings is 11. The minimum absolute atomic E-state index is 0.0644. The van der Waals surface area contributed by atoms with Crippen molar-refractivity contribution in [3.8, 4) is 74.0 Å². The molecule has 0 radical (unpaired) electrons. The van der Waals surface area contributed by atoms with Gasteiger partial charge in [-0.05, 0) is 166 Å². The van der Waals surface area contributed by atoms with Gasteiger partial charge in [-0.1, -0.05) is 339 Å². The topological polar surface area (TPSA) is 85.5 Å². The molecule has 0 N–H and O–H groups in total. The number of hydrogen-bond donors (Lipinski definition) is 0. The minimum atomic E-state index is -0.211. The predicted octanol–water partition coefficient (Wildman–Crippen LogP) is 21.9. The number of aryl methyl sites for hydroxylation is 6. The van der Waals surface area contributed by atoms with Gasteiger partial charge >= 0.3 is 0 Å². The van der Waals surface area contributed by atoms with Crippen molar-refractivity contribution >= 4 is 85.1 Å². The number of nitrogens with zero attached hydrogens (tertiary/aromatic N) is 8. The van der Waals surface area contributed by atoms with Crippen molar-refractivity contribution < 1.29 is 0 Å². The van der Waals surface area contributed by atoms with E-state index in [4.69, 9.17) is 29.9 Å². The number of anilines is 3. The van der Waals surface area contributed by atoms with Crippen molar-refractivity contribution in [3.63, 3.8) is 0 Å². The van der Waals surface area contributed by atoms with Gasteiger partial charge in [0, 0.05) is 66.9 Å². The minimum Gasteiger partial charge on any atom is -0.313 e. The SMILES string of the molecule is Cc1cc(C)c(B2c3cc(C(C)(C)C)ccc3N3c4ccc(C(C)(C)C)cc4B(c4c(C)cc(C)cc4C)c4cc(-n5c6c(-c7nc(-c8ccc(C(C)(C)C)cc8)nc(-c8ccc(C(C)(C)C)cc8)n7)cccc6c6cccc(-c7nc(-c8ccc(C(C)(C)C)cc8)nc(-c8ccc(C(C)(C)C)cc8)n7)c65)cc2c43)c(C)c1. The first kappa shape index (κ1) is 75.2. The van der Waals surface area contributed by atoms with Crippen LogP contribution >= 0.6 is 0 Å². The Morgan fingerprint density at radius 1 is 0.268 bits per heavy atom. The third-order valence-electron chi connectivity index (χ3n) is 23.8. The monoisotopic (exact) mass is 1460 g/mol. The first-order valence-electron chi connectivity index (χ1n) is 40.2. The van der Waals surface area contributed by atoms with E-state index in [2.05, 4.69) is 382 Å². The standard InChI is InChI=1S/C102H106B2N8/c1-59-51-61(3)86(62(4)52-59)103-80-55-73(101(19,20)21)47-49-84(80)112-85-50-48-74(102(22,23)24)56-81(85)104(87-63(5)53-60(2)54-64(87)6)83-58-75(57-82(103)90(83)112)111-88-76(27-25-29-78(88)95-107-91(65-31-39-69(40-32-65)97(7,8)9)105-92(108-95)66-33-41-70(42-34-66)98(10,11)12)77-28-26-30-79(89(77)111)96-109-93(67-35-43-71(44-36-67)99(13,14)15)106-94(110-96)68-37-45-72(46-38-68)100(16,17)18/h25-58H,1-24H3. The van der Waals surface area contributed by atoms with Gasteiger partial charge in [-0.25, -0.2) is 29.9 Å². The van der Waals surface area contributed by atoms with Crippen LogP contribution in [0, 0.1) is 41.5 Å². The summed E-state index contributed by atoms with van der Waals surface area (Å²) in [4.78, 5) is 36.5. The lowest BCUT2D eigenvalue weighted by Gasteiger charge is -2.45. The van der Waals surface area contributed by atoms with E-state index in [1.807, 2.05) is 0 Å². The second kappa shape index (κ2) is 27.0. The molecule has 16 rings (SSSR count). The van der Waals surface area contributed by atoms with E-state index in [1.165, 1.54) is 117 Å². The summed E-state index contributed by atoms with van der Waals surface area (Å²) in [5.74, 6) is 3.49. The highest BCUT2D eigenvalue weighted by Crippen LogP contribution is 2.46. The Labute approximate surface area is 666 Å². The molecule has 10 heteroatoms. The largest absolute Gasteiger partial charge is 0.313 e. The fourth-order valence-corrected chi connectivity index (χ4v) is 17.7. The molecule has 0 bridgehead atoms. The van der Waals surface area contributed by atoms with Crippen LogP contribution in [0.5, 0.6) is 0 Å². The van der Waals surface area contributed by atoms with E-state index < -0.39 is 0 Å². The van der Waals surface area contributed by atoms with Crippen molar-refractivity contribution in [2.75, 3.05) is 4.90 Å². The van der Waals surface area contributed by atoms with Crippen molar-refractivity contribution in [2.24, 2.45) is 0 Å². The second-order valence-electron chi connectivity index (χ2n) is 38.5. The number of hydrogen-bond acceptors (Lipinski definition) is 7. The van der Waals surface area contributed by atoms with E-state index in [0.29, 0.717) is 34.9 Å². The van der Waals surface area contributed by atoms with Crippen LogP contribution in [0.1, 0.15) is 191 Å². The average Bonchev–Trinajstić information content (AvgIpc) is 0.878. The molecule has 0 fully saturated rings. The molecule has 8 nitrogen and oxygen atoms in total. The van der Waals surface area contributed by atoms with Gasteiger partial charge in [0.15, 0.2) is 34.9 Å². The van der Waals surface area contributed by atoms with Crippen molar-refractivity contribution in [1.82, 2.24) is 34.5 Å². The van der Waals surface area contributed by atoms with Gasteiger partial charge < -0.3 is 9.47 Å². The highest BCUT2D eigenvalue weighted by Gasteiger charge is 2.47. The van der Waals surface area contributed by atoms with Gasteiger partial charge in [0.2, 0.25) is 13.4 Å². The average molecular weight is 1470 g/mol. The molecule has 0 amide bonds. The molecule has 0 spiro atoms. The molecule has 5 heterocycles. The first-order valence-corrected chi connectivity index (χ1v) is 40.2. The van der Waals surface area contributed by atoms with E-state index >= 15 is 0 Å². The fraction of sp³-hybridized carbons (Fsp3) is 0.294. The molecule has 2 aliphatic heterocycles. The zero-order valence-electron chi connectivity index (χ0n) is 70.4. The summed E-state index contributed by atoms with van der Waals surface area (Å²) in [7, 11) is 0. The molecule has 0 aliphatic carbocycles. The number of para-hydroxylation sites is 2. The molecule has 560 valence electrons. The van der Waals surface area contributed by atoms with E-state index in [-0.39, 0.29) is 45.9 Å². The molecular weight excluding hydrogens is 1360 g/mol. The summed E-state index contributed by atoms with van der Waals surface area (Å²) in [6.45, 7) is 54.6. The summed E-state index contributed by atoms with van der Waals surface area (Å²) in [6, 6.07) is 78.2. The zero-order valence-corrected chi connectivity index (χ0v) is 70.4. The van der Waals surface area contributed by atoms with Crippen LogP contribution in [0.2, 0.25) is 0 Å². The molecule has 3 aromatic heterocycles. The Bertz CT molecular complexity index is 5550. The fourth-order valence-electron chi connectivity index (χ4n) is 17.7. The molecule has 0 unspecified atom stereocenters. The van der Waals surface area contributed by atoms with Crippen LogP contribution in [0.4, 0.5) is 17.1 Å². The molecule has 0 saturated carbocycles. The van der Waals surface area contributed by atoms with Crippen LogP contribution in [-0.2, 0) is 32.5 Å². The summed E-state index contributed by atoms with van der Waals surface area (Å²) in [5, 5.41) is 2.06.